The van der Waals surface area contributed by atoms with E-state index in [9.17, 15) is 4.79 Å². The molecule has 94 valence electrons. The van der Waals surface area contributed by atoms with Crippen LogP contribution in [0.25, 0.3) is 0 Å². The number of amides is 1. The Labute approximate surface area is 103 Å². The highest BCUT2D eigenvalue weighted by atomic mass is 16.5. The van der Waals surface area contributed by atoms with Gasteiger partial charge in [0.2, 0.25) is 5.91 Å². The summed E-state index contributed by atoms with van der Waals surface area (Å²) in [6.45, 7) is 6.92. The van der Waals surface area contributed by atoms with E-state index in [4.69, 9.17) is 4.74 Å². The summed E-state index contributed by atoms with van der Waals surface area (Å²) in [6, 6.07) is 8.17. The van der Waals surface area contributed by atoms with Crippen LogP contribution in [0, 0.1) is 0 Å². The van der Waals surface area contributed by atoms with Crippen molar-refractivity contribution in [2.45, 2.75) is 40.0 Å². The quantitative estimate of drug-likeness (QED) is 0.785. The molecule has 17 heavy (non-hydrogen) atoms. The Bertz CT molecular complexity index is 357. The number of hydrogen-bond acceptors (Lipinski definition) is 2. The maximum atomic E-state index is 11.1. The molecule has 0 N–H and O–H groups in total. The number of carbonyl (C=O) groups is 1. The van der Waals surface area contributed by atoms with Crippen LogP contribution in [0.1, 0.15) is 31.9 Å². The lowest BCUT2D eigenvalue weighted by atomic mass is 10.1. The number of benzene rings is 1. The summed E-state index contributed by atoms with van der Waals surface area (Å²) in [5, 5.41) is 0. The first-order valence-electron chi connectivity index (χ1n) is 5.90. The maximum absolute atomic E-state index is 11.1. The molecule has 0 spiro atoms. The highest BCUT2D eigenvalue weighted by Crippen LogP contribution is 2.08. The minimum absolute atomic E-state index is 0.0808. The third kappa shape index (κ3) is 5.00. The average molecular weight is 235 g/mol. The zero-order valence-electron chi connectivity index (χ0n) is 11.1. The maximum Gasteiger partial charge on any atom is 0.219 e. The van der Waals surface area contributed by atoms with Gasteiger partial charge in [-0.2, -0.15) is 0 Å². The Kier molecular flexibility index (Phi) is 5.16. The molecule has 0 aromatic heterocycles. The van der Waals surface area contributed by atoms with Crippen molar-refractivity contribution in [1.82, 2.24) is 4.90 Å². The van der Waals surface area contributed by atoms with Gasteiger partial charge in [-0.15, -0.1) is 0 Å². The minimum atomic E-state index is 0.0808. The Hall–Kier alpha value is -1.35. The van der Waals surface area contributed by atoms with Crippen molar-refractivity contribution in [2.75, 3.05) is 7.05 Å². The van der Waals surface area contributed by atoms with E-state index in [1.165, 1.54) is 0 Å². The standard InChI is InChI=1S/C14H21NO2/c1-11(2)17-10-14-7-5-13(6-8-14)9-15(4)12(3)16/h5-8,11H,9-10H2,1-4H3. The molecule has 1 aromatic rings. The second kappa shape index (κ2) is 6.40. The molecule has 0 fully saturated rings. The monoisotopic (exact) mass is 235 g/mol. The predicted octanol–water partition coefficient (Wildman–Crippen LogP) is 2.59. The zero-order chi connectivity index (χ0) is 12.8. The Morgan fingerprint density at radius 1 is 1.24 bits per heavy atom. The summed E-state index contributed by atoms with van der Waals surface area (Å²) < 4.78 is 5.52. The van der Waals surface area contributed by atoms with Crippen molar-refractivity contribution < 1.29 is 9.53 Å². The van der Waals surface area contributed by atoms with Crippen molar-refractivity contribution in [2.24, 2.45) is 0 Å². The highest BCUT2D eigenvalue weighted by Gasteiger charge is 2.03. The third-order valence-corrected chi connectivity index (χ3v) is 2.56. The van der Waals surface area contributed by atoms with Gasteiger partial charge >= 0.3 is 0 Å². The van der Waals surface area contributed by atoms with Crippen molar-refractivity contribution in [3.05, 3.63) is 35.4 Å². The molecular weight excluding hydrogens is 214 g/mol. The van der Waals surface area contributed by atoms with Crippen molar-refractivity contribution in [3.8, 4) is 0 Å². The van der Waals surface area contributed by atoms with Gasteiger partial charge in [-0.25, -0.2) is 0 Å². The van der Waals surface area contributed by atoms with E-state index >= 15 is 0 Å². The van der Waals surface area contributed by atoms with Crippen LogP contribution in [-0.2, 0) is 22.7 Å². The smallest absolute Gasteiger partial charge is 0.219 e. The SMILES string of the molecule is CC(=O)N(C)Cc1ccc(COC(C)C)cc1. The molecule has 0 aliphatic rings. The fraction of sp³-hybridized carbons (Fsp3) is 0.500. The number of carbonyl (C=O) groups excluding carboxylic acids is 1. The predicted molar refractivity (Wildman–Crippen MR) is 68.5 cm³/mol. The van der Waals surface area contributed by atoms with Crippen LogP contribution in [-0.4, -0.2) is 24.0 Å². The van der Waals surface area contributed by atoms with Crippen LogP contribution in [0.5, 0.6) is 0 Å². The second-order valence-corrected chi connectivity index (χ2v) is 4.55. The topological polar surface area (TPSA) is 29.5 Å². The fourth-order valence-corrected chi connectivity index (χ4v) is 1.39. The lowest BCUT2D eigenvalue weighted by Crippen LogP contribution is -2.22. The summed E-state index contributed by atoms with van der Waals surface area (Å²) in [6.07, 6.45) is 0.249. The van der Waals surface area contributed by atoms with Gasteiger partial charge in [-0.1, -0.05) is 24.3 Å². The number of hydrogen-bond donors (Lipinski definition) is 0. The van der Waals surface area contributed by atoms with Crippen LogP contribution in [0.4, 0.5) is 0 Å². The van der Waals surface area contributed by atoms with E-state index < -0.39 is 0 Å². The molecule has 0 saturated carbocycles. The number of nitrogens with zero attached hydrogens (tertiary/aromatic N) is 1. The molecule has 0 aliphatic carbocycles. The third-order valence-electron chi connectivity index (χ3n) is 2.56. The lowest BCUT2D eigenvalue weighted by molar-refractivity contribution is -0.128. The molecule has 3 nitrogen and oxygen atoms in total. The van der Waals surface area contributed by atoms with E-state index in [0.717, 1.165) is 11.1 Å². The van der Waals surface area contributed by atoms with Crippen LogP contribution in [0.15, 0.2) is 24.3 Å². The number of ether oxygens (including phenoxy) is 1. The van der Waals surface area contributed by atoms with Crippen LogP contribution in [0.3, 0.4) is 0 Å². The van der Waals surface area contributed by atoms with Gasteiger partial charge < -0.3 is 9.64 Å². The average Bonchev–Trinajstić information content (AvgIpc) is 2.28. The normalized spacial score (nSPS) is 10.6. The van der Waals surface area contributed by atoms with Gasteiger partial charge in [-0.3, -0.25) is 4.79 Å². The molecule has 1 amide bonds. The summed E-state index contributed by atoms with van der Waals surface area (Å²) >= 11 is 0. The zero-order valence-corrected chi connectivity index (χ0v) is 11.1. The molecule has 1 aromatic carbocycles. The van der Waals surface area contributed by atoms with E-state index in [2.05, 4.69) is 0 Å². The van der Waals surface area contributed by atoms with Crippen LogP contribution in [0.2, 0.25) is 0 Å². The molecular formula is C14H21NO2. The largest absolute Gasteiger partial charge is 0.374 e. The van der Waals surface area contributed by atoms with E-state index in [1.54, 1.807) is 18.9 Å². The fourth-order valence-electron chi connectivity index (χ4n) is 1.39. The van der Waals surface area contributed by atoms with E-state index in [0.29, 0.717) is 13.2 Å². The Morgan fingerprint density at radius 3 is 2.24 bits per heavy atom. The molecule has 1 rings (SSSR count). The van der Waals surface area contributed by atoms with Gasteiger partial charge in [0.1, 0.15) is 0 Å². The van der Waals surface area contributed by atoms with E-state index in [-0.39, 0.29) is 12.0 Å². The first kappa shape index (κ1) is 13.7. The summed E-state index contributed by atoms with van der Waals surface area (Å²) in [5.74, 6) is 0.0808. The van der Waals surface area contributed by atoms with Gasteiger partial charge in [0.05, 0.1) is 12.7 Å². The van der Waals surface area contributed by atoms with Crippen molar-refractivity contribution in [1.29, 1.82) is 0 Å². The second-order valence-electron chi connectivity index (χ2n) is 4.55. The van der Waals surface area contributed by atoms with Gasteiger partial charge in [0.25, 0.3) is 0 Å². The van der Waals surface area contributed by atoms with E-state index in [1.807, 2.05) is 38.1 Å². The van der Waals surface area contributed by atoms with Crippen LogP contribution >= 0.6 is 0 Å². The Morgan fingerprint density at radius 2 is 1.76 bits per heavy atom. The van der Waals surface area contributed by atoms with Crippen molar-refractivity contribution >= 4 is 5.91 Å². The summed E-state index contributed by atoms with van der Waals surface area (Å²) in [4.78, 5) is 12.8. The molecule has 0 aliphatic heterocycles. The first-order valence-corrected chi connectivity index (χ1v) is 5.90. The van der Waals surface area contributed by atoms with Gasteiger partial charge in [0.15, 0.2) is 0 Å². The molecule has 0 radical (unpaired) electrons. The molecule has 0 heterocycles. The molecule has 0 unspecified atom stereocenters. The molecule has 0 bridgehead atoms. The molecule has 0 saturated heterocycles. The summed E-state index contributed by atoms with van der Waals surface area (Å²) in [7, 11) is 1.80. The first-order chi connectivity index (χ1) is 7.99. The van der Waals surface area contributed by atoms with Gasteiger partial charge in [-0.05, 0) is 25.0 Å². The van der Waals surface area contributed by atoms with Crippen LogP contribution < -0.4 is 0 Å². The minimum Gasteiger partial charge on any atom is -0.374 e. The van der Waals surface area contributed by atoms with Crippen molar-refractivity contribution in [3.63, 3.8) is 0 Å². The van der Waals surface area contributed by atoms with Gasteiger partial charge in [0, 0.05) is 20.5 Å². The summed E-state index contributed by atoms with van der Waals surface area (Å²) in [5.41, 5.74) is 2.30. The lowest BCUT2D eigenvalue weighted by Gasteiger charge is -2.15. The molecule has 3 heteroatoms. The number of rotatable bonds is 5. The Balaban J connectivity index is 2.53. The molecule has 0 atom stereocenters. The highest BCUT2D eigenvalue weighted by molar-refractivity contribution is 5.72.